The molecule has 0 bridgehead atoms. The van der Waals surface area contributed by atoms with E-state index < -0.39 is 5.54 Å². The first-order valence-electron chi connectivity index (χ1n) is 8.23. The van der Waals surface area contributed by atoms with Gasteiger partial charge in [-0.3, -0.25) is 9.59 Å². The van der Waals surface area contributed by atoms with Gasteiger partial charge in [-0.05, 0) is 31.6 Å². The number of nitrogens with zero attached hydrogens (tertiary/aromatic N) is 1. The molecule has 1 spiro atoms. The normalized spacial score (nSPS) is 34.1. The van der Waals surface area contributed by atoms with Crippen molar-refractivity contribution in [3.05, 3.63) is 0 Å². The van der Waals surface area contributed by atoms with Gasteiger partial charge in [-0.15, -0.1) is 0 Å². The molecule has 2 atom stereocenters. The molecule has 2 amide bonds. The number of rotatable bonds is 1. The zero-order valence-electron chi connectivity index (χ0n) is 12.5. The van der Waals surface area contributed by atoms with Gasteiger partial charge < -0.3 is 10.2 Å². The molecule has 20 heavy (non-hydrogen) atoms. The fraction of sp³-hybridized carbons (Fsp3) is 0.875. The van der Waals surface area contributed by atoms with Crippen LogP contribution in [0.2, 0.25) is 0 Å². The largest absolute Gasteiger partial charge is 0.342 e. The number of amides is 2. The standard InChI is InChI=1S/C16H26N2O2/c1-12-5-4-6-13(11-12)18-10-7-14(19)17-16(15(18)20)8-2-3-9-16/h12-13H,2-11H2,1H3,(H,17,19). The molecule has 1 saturated heterocycles. The van der Waals surface area contributed by atoms with Crippen LogP contribution in [0.1, 0.15) is 64.7 Å². The van der Waals surface area contributed by atoms with E-state index in [0.29, 0.717) is 24.9 Å². The summed E-state index contributed by atoms with van der Waals surface area (Å²) in [5, 5.41) is 3.05. The molecule has 1 N–H and O–H groups in total. The molecule has 0 radical (unpaired) electrons. The summed E-state index contributed by atoms with van der Waals surface area (Å²) >= 11 is 0. The van der Waals surface area contributed by atoms with Crippen molar-refractivity contribution in [3.8, 4) is 0 Å². The van der Waals surface area contributed by atoms with Crippen LogP contribution in [0, 0.1) is 5.92 Å². The molecule has 2 unspecified atom stereocenters. The molecule has 1 heterocycles. The topological polar surface area (TPSA) is 49.4 Å². The lowest BCUT2D eigenvalue weighted by Gasteiger charge is -2.39. The number of hydrogen-bond donors (Lipinski definition) is 1. The molecule has 0 aromatic carbocycles. The SMILES string of the molecule is CC1CCCC(N2CCC(=O)NC3(CCCC3)C2=O)C1. The third-order valence-electron chi connectivity index (χ3n) is 5.44. The molecule has 2 saturated carbocycles. The van der Waals surface area contributed by atoms with Crippen molar-refractivity contribution in [1.82, 2.24) is 10.2 Å². The number of nitrogens with one attached hydrogen (secondary N) is 1. The van der Waals surface area contributed by atoms with E-state index in [1.165, 1.54) is 12.8 Å². The van der Waals surface area contributed by atoms with E-state index in [2.05, 4.69) is 17.1 Å². The van der Waals surface area contributed by atoms with Crippen LogP contribution in [0.25, 0.3) is 0 Å². The van der Waals surface area contributed by atoms with E-state index in [-0.39, 0.29) is 11.8 Å². The van der Waals surface area contributed by atoms with Gasteiger partial charge in [-0.25, -0.2) is 0 Å². The van der Waals surface area contributed by atoms with Crippen LogP contribution >= 0.6 is 0 Å². The van der Waals surface area contributed by atoms with Crippen LogP contribution in [0.3, 0.4) is 0 Å². The Morgan fingerprint density at radius 3 is 2.60 bits per heavy atom. The first kappa shape index (κ1) is 13.9. The lowest BCUT2D eigenvalue weighted by Crippen LogP contribution is -2.57. The molecule has 3 aliphatic rings. The summed E-state index contributed by atoms with van der Waals surface area (Å²) in [4.78, 5) is 27.1. The van der Waals surface area contributed by atoms with Gasteiger partial charge in [-0.1, -0.05) is 32.6 Å². The zero-order chi connectivity index (χ0) is 14.2. The van der Waals surface area contributed by atoms with E-state index in [1.54, 1.807) is 0 Å². The van der Waals surface area contributed by atoms with Gasteiger partial charge in [0.25, 0.3) is 0 Å². The van der Waals surface area contributed by atoms with Crippen molar-refractivity contribution < 1.29 is 9.59 Å². The Kier molecular flexibility index (Phi) is 3.74. The van der Waals surface area contributed by atoms with E-state index in [4.69, 9.17) is 0 Å². The minimum absolute atomic E-state index is 0.0617. The average Bonchev–Trinajstić information content (AvgIpc) is 2.83. The van der Waals surface area contributed by atoms with Gasteiger partial charge >= 0.3 is 0 Å². The van der Waals surface area contributed by atoms with Gasteiger partial charge in [0.15, 0.2) is 0 Å². The molecule has 1 aliphatic heterocycles. The summed E-state index contributed by atoms with van der Waals surface area (Å²) in [7, 11) is 0. The summed E-state index contributed by atoms with van der Waals surface area (Å²) in [6.07, 6.45) is 8.95. The van der Waals surface area contributed by atoms with Gasteiger partial charge in [0.05, 0.1) is 0 Å². The van der Waals surface area contributed by atoms with E-state index >= 15 is 0 Å². The Hall–Kier alpha value is -1.06. The fourth-order valence-corrected chi connectivity index (χ4v) is 4.33. The third kappa shape index (κ3) is 2.45. The average molecular weight is 278 g/mol. The van der Waals surface area contributed by atoms with E-state index in [9.17, 15) is 9.59 Å². The molecule has 112 valence electrons. The van der Waals surface area contributed by atoms with Crippen LogP contribution < -0.4 is 5.32 Å². The molecule has 0 aromatic heterocycles. The van der Waals surface area contributed by atoms with Crippen molar-refractivity contribution in [2.75, 3.05) is 6.54 Å². The minimum atomic E-state index is -0.561. The maximum Gasteiger partial charge on any atom is 0.248 e. The Labute approximate surface area is 121 Å². The number of carbonyl (C=O) groups is 2. The summed E-state index contributed by atoms with van der Waals surface area (Å²) in [5.74, 6) is 0.972. The monoisotopic (exact) mass is 278 g/mol. The van der Waals surface area contributed by atoms with E-state index in [0.717, 1.165) is 38.5 Å². The zero-order valence-corrected chi connectivity index (χ0v) is 12.5. The minimum Gasteiger partial charge on any atom is -0.342 e. The molecular formula is C16H26N2O2. The first-order chi connectivity index (χ1) is 9.61. The molecule has 3 rings (SSSR count). The van der Waals surface area contributed by atoms with Crippen molar-refractivity contribution in [1.29, 1.82) is 0 Å². The fourth-order valence-electron chi connectivity index (χ4n) is 4.33. The lowest BCUT2D eigenvalue weighted by molar-refractivity contribution is -0.141. The highest BCUT2D eigenvalue weighted by molar-refractivity contribution is 5.94. The highest BCUT2D eigenvalue weighted by Crippen LogP contribution is 2.36. The van der Waals surface area contributed by atoms with Crippen molar-refractivity contribution in [3.63, 3.8) is 0 Å². The van der Waals surface area contributed by atoms with Gasteiger partial charge in [0, 0.05) is 19.0 Å². The Morgan fingerprint density at radius 2 is 1.90 bits per heavy atom. The van der Waals surface area contributed by atoms with Crippen LogP contribution in [0.15, 0.2) is 0 Å². The van der Waals surface area contributed by atoms with Crippen molar-refractivity contribution in [2.24, 2.45) is 5.92 Å². The highest BCUT2D eigenvalue weighted by Gasteiger charge is 2.47. The number of hydrogen-bond acceptors (Lipinski definition) is 2. The van der Waals surface area contributed by atoms with Gasteiger partial charge in [0.1, 0.15) is 5.54 Å². The summed E-state index contributed by atoms with van der Waals surface area (Å²) in [6.45, 7) is 2.90. The van der Waals surface area contributed by atoms with E-state index in [1.807, 2.05) is 0 Å². The summed E-state index contributed by atoms with van der Waals surface area (Å²) in [5.41, 5.74) is -0.561. The molecule has 4 heteroatoms. The van der Waals surface area contributed by atoms with Crippen molar-refractivity contribution in [2.45, 2.75) is 76.3 Å². The maximum absolute atomic E-state index is 13.0. The Balaban J connectivity index is 1.82. The van der Waals surface area contributed by atoms with Crippen molar-refractivity contribution >= 4 is 11.8 Å². The second-order valence-electron chi connectivity index (χ2n) is 7.01. The Bertz CT molecular complexity index is 401. The Morgan fingerprint density at radius 1 is 1.15 bits per heavy atom. The predicted molar refractivity (Wildman–Crippen MR) is 77.1 cm³/mol. The quantitative estimate of drug-likeness (QED) is 0.799. The predicted octanol–water partition coefficient (Wildman–Crippen LogP) is 2.23. The van der Waals surface area contributed by atoms with Crippen LogP contribution in [-0.2, 0) is 9.59 Å². The van der Waals surface area contributed by atoms with Crippen LogP contribution in [-0.4, -0.2) is 34.8 Å². The van der Waals surface area contributed by atoms with Crippen LogP contribution in [0.5, 0.6) is 0 Å². The van der Waals surface area contributed by atoms with Gasteiger partial charge in [0.2, 0.25) is 11.8 Å². The first-order valence-corrected chi connectivity index (χ1v) is 8.23. The highest BCUT2D eigenvalue weighted by atomic mass is 16.2. The lowest BCUT2D eigenvalue weighted by atomic mass is 9.85. The summed E-state index contributed by atoms with van der Waals surface area (Å²) < 4.78 is 0. The molecule has 4 nitrogen and oxygen atoms in total. The maximum atomic E-state index is 13.0. The second-order valence-corrected chi connectivity index (χ2v) is 7.01. The third-order valence-corrected chi connectivity index (χ3v) is 5.44. The molecule has 0 aromatic rings. The molecule has 2 aliphatic carbocycles. The summed E-state index contributed by atoms with van der Waals surface area (Å²) in [6, 6.07) is 0.358. The second kappa shape index (κ2) is 5.38. The van der Waals surface area contributed by atoms with Crippen LogP contribution in [0.4, 0.5) is 0 Å². The molecular weight excluding hydrogens is 252 g/mol. The number of carbonyl (C=O) groups excluding carboxylic acids is 2. The van der Waals surface area contributed by atoms with Gasteiger partial charge in [-0.2, -0.15) is 0 Å². The molecule has 3 fully saturated rings. The smallest absolute Gasteiger partial charge is 0.248 e.